The van der Waals surface area contributed by atoms with Crippen LogP contribution in [0.1, 0.15) is 29.2 Å². The van der Waals surface area contributed by atoms with E-state index in [1.807, 2.05) is 30.3 Å². The van der Waals surface area contributed by atoms with Crippen LogP contribution < -0.4 is 0 Å². The van der Waals surface area contributed by atoms with Gasteiger partial charge >= 0.3 is 5.97 Å². The van der Waals surface area contributed by atoms with Gasteiger partial charge in [-0.2, -0.15) is 0 Å². The Morgan fingerprint density at radius 2 is 1.81 bits per heavy atom. The molecule has 0 radical (unpaired) electrons. The first-order chi connectivity index (χ1) is 12.6. The third-order valence-corrected chi connectivity index (χ3v) is 4.07. The Labute approximate surface area is 155 Å². The quantitative estimate of drug-likeness (QED) is 0.472. The Morgan fingerprint density at radius 3 is 2.50 bits per heavy atom. The summed E-state index contributed by atoms with van der Waals surface area (Å²) in [6.45, 7) is 0.195. The van der Waals surface area contributed by atoms with Crippen molar-refractivity contribution in [3.63, 3.8) is 0 Å². The molecular formula is C20H16ClFN2O2. The van der Waals surface area contributed by atoms with Crippen molar-refractivity contribution in [1.82, 2.24) is 9.97 Å². The largest absolute Gasteiger partial charge is 0.461 e. The highest BCUT2D eigenvalue weighted by Gasteiger charge is 2.21. The first kappa shape index (κ1) is 18.0. The second-order valence-electron chi connectivity index (χ2n) is 5.71. The van der Waals surface area contributed by atoms with Gasteiger partial charge in [0.25, 0.3) is 0 Å². The van der Waals surface area contributed by atoms with Crippen molar-refractivity contribution in [3.05, 3.63) is 94.8 Å². The Bertz CT molecular complexity index is 872. The first-order valence-corrected chi connectivity index (χ1v) is 8.43. The molecule has 0 bridgehead atoms. The van der Waals surface area contributed by atoms with Crippen molar-refractivity contribution in [1.29, 1.82) is 0 Å². The minimum Gasteiger partial charge on any atom is -0.461 e. The van der Waals surface area contributed by atoms with Gasteiger partial charge in [0, 0.05) is 12.1 Å². The van der Waals surface area contributed by atoms with Gasteiger partial charge in [-0.25, -0.2) is 14.4 Å². The monoisotopic (exact) mass is 370 g/mol. The number of carbonyl (C=O) groups is 1. The maximum atomic E-state index is 13.2. The maximum absolute atomic E-state index is 13.2. The van der Waals surface area contributed by atoms with Crippen molar-refractivity contribution < 1.29 is 13.9 Å². The molecule has 1 atom stereocenters. The van der Waals surface area contributed by atoms with Gasteiger partial charge < -0.3 is 4.74 Å². The Hall–Kier alpha value is -2.79. The highest BCUT2D eigenvalue weighted by molar-refractivity contribution is 6.28. The molecule has 3 rings (SSSR count). The average molecular weight is 371 g/mol. The summed E-state index contributed by atoms with van der Waals surface area (Å²) in [5, 5.41) is 0.0901. The molecule has 0 saturated carbocycles. The topological polar surface area (TPSA) is 52.1 Å². The minimum atomic E-state index is -0.403. The van der Waals surface area contributed by atoms with Crippen LogP contribution in [0.2, 0.25) is 5.28 Å². The molecule has 6 heteroatoms. The van der Waals surface area contributed by atoms with Crippen LogP contribution in [0.25, 0.3) is 0 Å². The van der Waals surface area contributed by atoms with E-state index in [4.69, 9.17) is 16.3 Å². The number of benzene rings is 2. The second-order valence-corrected chi connectivity index (χ2v) is 6.04. The standard InChI is InChI=1S/C20H16ClFN2O2/c21-20-23-11-10-18(24-20)17(15-6-8-16(22)9-7-15)12-19(25)26-13-14-4-2-1-3-5-14/h1-11,17H,12-13H2. The number of hydrogen-bond donors (Lipinski definition) is 0. The SMILES string of the molecule is O=C(CC(c1ccc(F)cc1)c1ccnc(Cl)n1)OCc1ccccc1. The summed E-state index contributed by atoms with van der Waals surface area (Å²) in [5.41, 5.74) is 2.23. The van der Waals surface area contributed by atoms with Crippen molar-refractivity contribution in [2.45, 2.75) is 18.9 Å². The highest BCUT2D eigenvalue weighted by Crippen LogP contribution is 2.28. The lowest BCUT2D eigenvalue weighted by atomic mass is 9.92. The molecule has 0 fully saturated rings. The number of nitrogens with zero attached hydrogens (tertiary/aromatic N) is 2. The zero-order valence-electron chi connectivity index (χ0n) is 13.8. The van der Waals surface area contributed by atoms with Gasteiger partial charge in [0.15, 0.2) is 0 Å². The molecule has 0 aliphatic carbocycles. The normalized spacial score (nSPS) is 11.8. The van der Waals surface area contributed by atoms with Crippen LogP contribution in [0.5, 0.6) is 0 Å². The number of halogens is 2. The minimum absolute atomic E-state index is 0.0613. The number of ether oxygens (including phenoxy) is 1. The Kier molecular flexibility index (Phi) is 5.92. The van der Waals surface area contributed by atoms with Crippen molar-refractivity contribution in [2.24, 2.45) is 0 Å². The van der Waals surface area contributed by atoms with E-state index in [0.29, 0.717) is 5.69 Å². The van der Waals surface area contributed by atoms with Crippen molar-refractivity contribution >= 4 is 17.6 Å². The van der Waals surface area contributed by atoms with Crippen molar-refractivity contribution in [3.8, 4) is 0 Å². The smallest absolute Gasteiger partial charge is 0.307 e. The molecule has 3 aromatic rings. The van der Waals surface area contributed by atoms with Gasteiger partial charge in [-0.15, -0.1) is 0 Å². The number of rotatable bonds is 6. The molecule has 26 heavy (non-hydrogen) atoms. The zero-order chi connectivity index (χ0) is 18.4. The number of hydrogen-bond acceptors (Lipinski definition) is 4. The third-order valence-electron chi connectivity index (χ3n) is 3.89. The fourth-order valence-electron chi connectivity index (χ4n) is 2.59. The molecule has 1 unspecified atom stereocenters. The lowest BCUT2D eigenvalue weighted by molar-refractivity contribution is -0.145. The molecule has 0 aliphatic rings. The Morgan fingerprint density at radius 1 is 1.08 bits per heavy atom. The van der Waals surface area contributed by atoms with Crippen LogP contribution in [0.4, 0.5) is 4.39 Å². The molecule has 1 aromatic heterocycles. The van der Waals surface area contributed by atoms with Crippen LogP contribution in [0.15, 0.2) is 66.9 Å². The summed E-state index contributed by atoms with van der Waals surface area (Å²) in [7, 11) is 0. The lowest BCUT2D eigenvalue weighted by Gasteiger charge is -2.16. The van der Waals surface area contributed by atoms with Crippen LogP contribution >= 0.6 is 11.6 Å². The summed E-state index contributed by atoms with van der Waals surface area (Å²) in [6, 6.07) is 17.1. The second kappa shape index (κ2) is 8.54. The summed E-state index contributed by atoms with van der Waals surface area (Å²) in [5.74, 6) is -1.13. The summed E-state index contributed by atoms with van der Waals surface area (Å²) in [6.07, 6.45) is 1.59. The maximum Gasteiger partial charge on any atom is 0.307 e. The van der Waals surface area contributed by atoms with Gasteiger partial charge in [0.05, 0.1) is 12.1 Å². The predicted molar refractivity (Wildman–Crippen MR) is 96.1 cm³/mol. The van der Waals surface area contributed by atoms with E-state index in [1.165, 1.54) is 18.3 Å². The van der Waals surface area contributed by atoms with E-state index < -0.39 is 5.92 Å². The number of aromatic nitrogens is 2. The van der Waals surface area contributed by atoms with E-state index in [-0.39, 0.29) is 30.1 Å². The fraction of sp³-hybridized carbons (Fsp3) is 0.150. The molecule has 0 saturated heterocycles. The van der Waals surface area contributed by atoms with E-state index in [1.54, 1.807) is 18.2 Å². The summed E-state index contributed by atoms with van der Waals surface area (Å²) in [4.78, 5) is 20.4. The molecular weight excluding hydrogens is 355 g/mol. The van der Waals surface area contributed by atoms with E-state index in [0.717, 1.165) is 11.1 Å². The lowest BCUT2D eigenvalue weighted by Crippen LogP contribution is -2.13. The number of carbonyl (C=O) groups excluding carboxylic acids is 1. The van der Waals surface area contributed by atoms with Crippen LogP contribution in [0, 0.1) is 5.82 Å². The number of esters is 1. The molecule has 0 N–H and O–H groups in total. The third kappa shape index (κ3) is 4.86. The van der Waals surface area contributed by atoms with Gasteiger partial charge in [-0.1, -0.05) is 42.5 Å². The molecule has 4 nitrogen and oxygen atoms in total. The summed E-state index contributed by atoms with van der Waals surface area (Å²) < 4.78 is 18.6. The van der Waals surface area contributed by atoms with Gasteiger partial charge in [0.1, 0.15) is 12.4 Å². The fourth-order valence-corrected chi connectivity index (χ4v) is 2.75. The van der Waals surface area contributed by atoms with Gasteiger partial charge in [0.2, 0.25) is 5.28 Å². The first-order valence-electron chi connectivity index (χ1n) is 8.05. The van der Waals surface area contributed by atoms with Gasteiger partial charge in [-0.05, 0) is 40.9 Å². The van der Waals surface area contributed by atoms with Crippen LogP contribution in [-0.2, 0) is 16.1 Å². The van der Waals surface area contributed by atoms with Gasteiger partial charge in [-0.3, -0.25) is 4.79 Å². The molecule has 1 heterocycles. The zero-order valence-corrected chi connectivity index (χ0v) is 14.6. The molecule has 0 amide bonds. The van der Waals surface area contributed by atoms with Crippen LogP contribution in [0.3, 0.4) is 0 Å². The highest BCUT2D eigenvalue weighted by atomic mass is 35.5. The molecule has 0 aliphatic heterocycles. The van der Waals surface area contributed by atoms with Crippen molar-refractivity contribution in [2.75, 3.05) is 0 Å². The molecule has 2 aromatic carbocycles. The average Bonchev–Trinajstić information content (AvgIpc) is 2.66. The summed E-state index contributed by atoms with van der Waals surface area (Å²) >= 11 is 5.88. The van der Waals surface area contributed by atoms with E-state index >= 15 is 0 Å². The van der Waals surface area contributed by atoms with E-state index in [2.05, 4.69) is 9.97 Å². The molecule has 0 spiro atoms. The van der Waals surface area contributed by atoms with Crippen LogP contribution in [-0.4, -0.2) is 15.9 Å². The van der Waals surface area contributed by atoms with E-state index in [9.17, 15) is 9.18 Å². The predicted octanol–water partition coefficient (Wildman–Crippen LogP) is 4.53. The Balaban J connectivity index is 1.77. The molecule has 132 valence electrons.